The molecule has 0 atom stereocenters. The van der Waals surface area contributed by atoms with Gasteiger partial charge in [-0.1, -0.05) is 0 Å². The smallest absolute Gasteiger partial charge is 0.407 e. The van der Waals surface area contributed by atoms with Crippen molar-refractivity contribution in [1.29, 1.82) is 0 Å². The van der Waals surface area contributed by atoms with Gasteiger partial charge in [-0.3, -0.25) is 0 Å². The van der Waals surface area contributed by atoms with Gasteiger partial charge in [-0.05, 0) is 44.5 Å². The Morgan fingerprint density at radius 2 is 2.00 bits per heavy atom. The van der Waals surface area contributed by atoms with Crippen LogP contribution >= 0.6 is 11.6 Å². The van der Waals surface area contributed by atoms with Gasteiger partial charge in [0.25, 0.3) is 0 Å². The topological polar surface area (TPSA) is 85.4 Å². The fourth-order valence-corrected chi connectivity index (χ4v) is 2.18. The van der Waals surface area contributed by atoms with Gasteiger partial charge < -0.3 is 20.1 Å². The number of carbonyl (C=O) groups excluding carboxylic acids is 1. The van der Waals surface area contributed by atoms with Crippen LogP contribution in [0.1, 0.15) is 20.8 Å². The molecule has 0 spiro atoms. The molecule has 0 aliphatic rings. The Morgan fingerprint density at radius 1 is 1.25 bits per heavy atom. The molecule has 24 heavy (non-hydrogen) atoms. The van der Waals surface area contributed by atoms with E-state index in [-0.39, 0.29) is 5.28 Å². The molecule has 0 aliphatic carbocycles. The minimum atomic E-state index is -0.521. The highest BCUT2D eigenvalue weighted by Gasteiger charge is 2.15. The minimum Gasteiger partial charge on any atom is -0.497 e. The van der Waals surface area contributed by atoms with Gasteiger partial charge in [0.2, 0.25) is 5.28 Å². The van der Waals surface area contributed by atoms with E-state index < -0.39 is 11.7 Å². The van der Waals surface area contributed by atoms with Crippen LogP contribution in [0.25, 0.3) is 10.9 Å². The normalized spacial score (nSPS) is 11.2. The number of alkyl carbamates (subject to hydrolysis) is 1. The van der Waals surface area contributed by atoms with Crippen molar-refractivity contribution in [3.8, 4) is 5.75 Å². The van der Waals surface area contributed by atoms with Gasteiger partial charge in [-0.25, -0.2) is 14.8 Å². The van der Waals surface area contributed by atoms with Crippen LogP contribution < -0.4 is 15.4 Å². The number of fused-ring (bicyclic) bond motifs is 1. The van der Waals surface area contributed by atoms with Crippen LogP contribution in [0.3, 0.4) is 0 Å². The van der Waals surface area contributed by atoms with E-state index in [4.69, 9.17) is 21.1 Å². The first-order valence-corrected chi connectivity index (χ1v) is 7.88. The summed E-state index contributed by atoms with van der Waals surface area (Å²) in [6.45, 7) is 6.29. The highest BCUT2D eigenvalue weighted by atomic mass is 35.5. The van der Waals surface area contributed by atoms with Crippen LogP contribution in [0.2, 0.25) is 5.28 Å². The molecule has 2 rings (SSSR count). The third kappa shape index (κ3) is 5.13. The second-order valence-corrected chi connectivity index (χ2v) is 6.42. The number of rotatable bonds is 5. The quantitative estimate of drug-likeness (QED) is 0.634. The Hall–Kier alpha value is -2.28. The third-order valence-electron chi connectivity index (χ3n) is 2.96. The molecule has 1 amide bonds. The molecule has 0 fully saturated rings. The van der Waals surface area contributed by atoms with Gasteiger partial charge in [0, 0.05) is 24.5 Å². The summed E-state index contributed by atoms with van der Waals surface area (Å²) >= 11 is 5.96. The van der Waals surface area contributed by atoms with Crippen molar-refractivity contribution in [2.45, 2.75) is 26.4 Å². The van der Waals surface area contributed by atoms with Crippen molar-refractivity contribution in [2.75, 3.05) is 25.5 Å². The molecule has 7 nitrogen and oxygen atoms in total. The van der Waals surface area contributed by atoms with Crippen LogP contribution in [0, 0.1) is 0 Å². The molecule has 0 radical (unpaired) electrons. The molecule has 8 heteroatoms. The maximum atomic E-state index is 11.6. The van der Waals surface area contributed by atoms with Crippen molar-refractivity contribution in [3.05, 3.63) is 23.5 Å². The number of anilines is 1. The average Bonchev–Trinajstić information content (AvgIpc) is 2.48. The Labute approximate surface area is 145 Å². The zero-order chi connectivity index (χ0) is 17.7. The van der Waals surface area contributed by atoms with E-state index in [1.807, 2.05) is 32.9 Å². The highest BCUT2D eigenvalue weighted by molar-refractivity contribution is 6.28. The van der Waals surface area contributed by atoms with E-state index in [2.05, 4.69) is 20.6 Å². The van der Waals surface area contributed by atoms with Crippen molar-refractivity contribution in [3.63, 3.8) is 0 Å². The molecule has 1 aromatic heterocycles. The first-order chi connectivity index (χ1) is 11.3. The van der Waals surface area contributed by atoms with Crippen LogP contribution in [-0.4, -0.2) is 41.9 Å². The maximum absolute atomic E-state index is 11.6. The summed E-state index contributed by atoms with van der Waals surface area (Å²) in [6, 6.07) is 5.46. The zero-order valence-corrected chi connectivity index (χ0v) is 14.9. The first-order valence-electron chi connectivity index (χ1n) is 7.50. The molecule has 0 saturated heterocycles. The monoisotopic (exact) mass is 352 g/mol. The van der Waals surface area contributed by atoms with Crippen molar-refractivity contribution in [1.82, 2.24) is 15.3 Å². The summed E-state index contributed by atoms with van der Waals surface area (Å²) in [5.41, 5.74) is 0.157. The zero-order valence-electron chi connectivity index (χ0n) is 14.1. The van der Waals surface area contributed by atoms with Crippen LogP contribution in [0.4, 0.5) is 10.6 Å². The maximum Gasteiger partial charge on any atom is 0.407 e. The number of methoxy groups -OCH3 is 1. The molecule has 0 aliphatic heterocycles. The average molecular weight is 353 g/mol. The first kappa shape index (κ1) is 18.1. The SMILES string of the molecule is COc1ccc2c(NCCNC(=O)OC(C)(C)C)nc(Cl)nc2c1. The Morgan fingerprint density at radius 3 is 2.67 bits per heavy atom. The van der Waals surface area contributed by atoms with Crippen molar-refractivity contribution >= 4 is 34.4 Å². The van der Waals surface area contributed by atoms with E-state index in [1.54, 1.807) is 13.2 Å². The number of aromatic nitrogens is 2. The molecule has 0 bridgehead atoms. The van der Waals surface area contributed by atoms with Gasteiger partial charge in [-0.2, -0.15) is 0 Å². The van der Waals surface area contributed by atoms with Gasteiger partial charge in [-0.15, -0.1) is 0 Å². The second kappa shape index (κ2) is 7.53. The molecule has 2 aromatic rings. The number of ether oxygens (including phenoxy) is 2. The van der Waals surface area contributed by atoms with E-state index in [0.29, 0.717) is 30.2 Å². The number of nitrogens with one attached hydrogen (secondary N) is 2. The lowest BCUT2D eigenvalue weighted by Gasteiger charge is -2.19. The van der Waals surface area contributed by atoms with E-state index in [9.17, 15) is 4.79 Å². The van der Waals surface area contributed by atoms with Gasteiger partial charge in [0.15, 0.2) is 0 Å². The number of halogens is 1. The van der Waals surface area contributed by atoms with Crippen LogP contribution in [-0.2, 0) is 4.74 Å². The number of amides is 1. The van der Waals surface area contributed by atoms with E-state index in [1.165, 1.54) is 0 Å². The highest BCUT2D eigenvalue weighted by Crippen LogP contribution is 2.25. The predicted octanol–water partition coefficient (Wildman–Crippen LogP) is 3.23. The second-order valence-electron chi connectivity index (χ2n) is 6.08. The predicted molar refractivity (Wildman–Crippen MR) is 93.8 cm³/mol. The Kier molecular flexibility index (Phi) is 5.66. The van der Waals surface area contributed by atoms with Crippen LogP contribution in [0.5, 0.6) is 5.75 Å². The van der Waals surface area contributed by atoms with Crippen molar-refractivity contribution < 1.29 is 14.3 Å². The standard InChI is InChI=1S/C16H21ClN4O3/c1-16(2,3)24-15(22)19-8-7-18-13-11-6-5-10(23-4)9-12(11)20-14(17)21-13/h5-6,9H,7-8H2,1-4H3,(H,19,22)(H,18,20,21). The third-order valence-corrected chi connectivity index (χ3v) is 3.13. The minimum absolute atomic E-state index is 0.137. The summed E-state index contributed by atoms with van der Waals surface area (Å²) in [5.74, 6) is 1.29. The summed E-state index contributed by atoms with van der Waals surface area (Å²) < 4.78 is 10.3. The number of carbonyl (C=O) groups is 1. The summed E-state index contributed by atoms with van der Waals surface area (Å²) in [7, 11) is 1.59. The Bertz CT molecular complexity index is 731. The molecule has 1 heterocycles. The van der Waals surface area contributed by atoms with Crippen LogP contribution in [0.15, 0.2) is 18.2 Å². The summed E-state index contributed by atoms with van der Waals surface area (Å²) in [6.07, 6.45) is -0.459. The molecule has 0 saturated carbocycles. The lowest BCUT2D eigenvalue weighted by Crippen LogP contribution is -2.35. The largest absolute Gasteiger partial charge is 0.497 e. The molecule has 2 N–H and O–H groups in total. The molecular weight excluding hydrogens is 332 g/mol. The fourth-order valence-electron chi connectivity index (χ4n) is 2.00. The van der Waals surface area contributed by atoms with E-state index >= 15 is 0 Å². The fraction of sp³-hybridized carbons (Fsp3) is 0.438. The number of nitrogens with zero attached hydrogens (tertiary/aromatic N) is 2. The van der Waals surface area contributed by atoms with E-state index in [0.717, 1.165) is 5.39 Å². The lowest BCUT2D eigenvalue weighted by molar-refractivity contribution is 0.0530. The summed E-state index contributed by atoms with van der Waals surface area (Å²) in [4.78, 5) is 20.0. The molecular formula is C16H21ClN4O3. The van der Waals surface area contributed by atoms with Gasteiger partial charge in [0.1, 0.15) is 17.2 Å². The van der Waals surface area contributed by atoms with Gasteiger partial charge >= 0.3 is 6.09 Å². The number of benzene rings is 1. The lowest BCUT2D eigenvalue weighted by atomic mass is 10.2. The van der Waals surface area contributed by atoms with Gasteiger partial charge in [0.05, 0.1) is 12.6 Å². The molecule has 130 valence electrons. The summed E-state index contributed by atoms with van der Waals surface area (Å²) in [5, 5.41) is 6.76. The molecule has 1 aromatic carbocycles. The number of hydrogen-bond donors (Lipinski definition) is 2. The molecule has 0 unspecified atom stereocenters. The number of hydrogen-bond acceptors (Lipinski definition) is 6. The Balaban J connectivity index is 1.99. The van der Waals surface area contributed by atoms with Crippen molar-refractivity contribution in [2.24, 2.45) is 0 Å².